The molecule has 0 saturated carbocycles. The molecule has 3 N–H and O–H groups in total. The van der Waals surface area contributed by atoms with Crippen molar-refractivity contribution in [3.05, 3.63) is 23.8 Å². The maximum absolute atomic E-state index is 12.2. The molecule has 1 aliphatic rings. The highest BCUT2D eigenvalue weighted by molar-refractivity contribution is 5.81. The Balaban J connectivity index is 2.03. The van der Waals surface area contributed by atoms with Gasteiger partial charge in [0.05, 0.1) is 11.6 Å². The lowest BCUT2D eigenvalue weighted by Gasteiger charge is -2.25. The topological polar surface area (TPSA) is 72.8 Å². The molecule has 0 aromatic heterocycles. The van der Waals surface area contributed by atoms with E-state index in [0.29, 0.717) is 5.56 Å². The molecule has 2 rings (SSSR count). The molecule has 0 spiro atoms. The van der Waals surface area contributed by atoms with E-state index in [0.717, 1.165) is 25.9 Å². The van der Waals surface area contributed by atoms with Crippen LogP contribution in [0.25, 0.3) is 0 Å². The Morgan fingerprint density at radius 2 is 1.75 bits per heavy atom. The van der Waals surface area contributed by atoms with Crippen LogP contribution >= 0.6 is 0 Å². The number of carbonyl (C=O) groups excluding carboxylic acids is 1. The third-order valence-corrected chi connectivity index (χ3v) is 3.78. The Morgan fingerprint density at radius 3 is 2.30 bits per heavy atom. The van der Waals surface area contributed by atoms with Gasteiger partial charge in [0.2, 0.25) is 5.91 Å². The zero-order chi connectivity index (χ0) is 14.7. The third kappa shape index (κ3) is 3.04. The summed E-state index contributed by atoms with van der Waals surface area (Å²) in [5, 5.41) is 22.8. The fourth-order valence-corrected chi connectivity index (χ4v) is 2.73. The number of carbonyl (C=O) groups is 1. The minimum atomic E-state index is -0.345. The Labute approximate surface area is 119 Å². The zero-order valence-electron chi connectivity index (χ0n) is 12.0. The van der Waals surface area contributed by atoms with Crippen LogP contribution in [0.4, 0.5) is 0 Å². The number of rotatable bonds is 4. The van der Waals surface area contributed by atoms with Gasteiger partial charge in [0.1, 0.15) is 11.5 Å². The van der Waals surface area contributed by atoms with Crippen molar-refractivity contribution in [3.63, 3.8) is 0 Å². The fraction of sp³-hybridized carbons (Fsp3) is 0.533. The van der Waals surface area contributed by atoms with Crippen LogP contribution in [0.2, 0.25) is 0 Å². The zero-order valence-corrected chi connectivity index (χ0v) is 12.0. The second kappa shape index (κ2) is 6.13. The molecule has 1 heterocycles. The van der Waals surface area contributed by atoms with E-state index in [1.165, 1.54) is 12.1 Å². The largest absolute Gasteiger partial charge is 0.507 e. The molecule has 5 heteroatoms. The molecule has 1 aromatic rings. The number of aromatic hydroxyl groups is 2. The first kappa shape index (κ1) is 14.7. The molecule has 110 valence electrons. The normalized spacial score (nSPS) is 18.0. The van der Waals surface area contributed by atoms with Crippen LogP contribution in [0, 0.1) is 0 Å². The average molecular weight is 278 g/mol. The minimum Gasteiger partial charge on any atom is -0.507 e. The number of phenolic OH excluding ortho intramolecular Hbond substituents is 2. The number of hydrogen-bond donors (Lipinski definition) is 3. The maximum Gasteiger partial charge on any atom is 0.239 e. The number of hydrogen-bond acceptors (Lipinski definition) is 4. The Hall–Kier alpha value is -1.75. The van der Waals surface area contributed by atoms with E-state index in [4.69, 9.17) is 0 Å². The predicted molar refractivity (Wildman–Crippen MR) is 76.6 cm³/mol. The summed E-state index contributed by atoms with van der Waals surface area (Å²) in [6.07, 6.45) is 2.13. The van der Waals surface area contributed by atoms with Gasteiger partial charge in [-0.1, -0.05) is 6.07 Å². The highest BCUT2D eigenvalue weighted by atomic mass is 16.3. The standard InChI is InChI=1S/C15H22N2O3/c1-10(14-12(18)6-5-7-13(14)19)16-11(2)15(20)17-8-3-4-9-17/h5-7,10-11,16,18-19H,3-4,8-9H2,1-2H3. The molecule has 5 nitrogen and oxygen atoms in total. The smallest absolute Gasteiger partial charge is 0.239 e. The van der Waals surface area contributed by atoms with E-state index in [-0.39, 0.29) is 29.5 Å². The highest BCUT2D eigenvalue weighted by Gasteiger charge is 2.25. The van der Waals surface area contributed by atoms with Crippen LogP contribution in [-0.4, -0.2) is 40.2 Å². The molecule has 1 fully saturated rings. The maximum atomic E-state index is 12.2. The summed E-state index contributed by atoms with van der Waals surface area (Å²) in [5.41, 5.74) is 0.425. The second-order valence-corrected chi connectivity index (χ2v) is 5.35. The van der Waals surface area contributed by atoms with E-state index in [2.05, 4.69) is 5.32 Å². The number of likely N-dealkylation sites (tertiary alicyclic amines) is 1. The minimum absolute atomic E-state index is 0.0332. The predicted octanol–water partition coefficient (Wildman–Crippen LogP) is 1.76. The quantitative estimate of drug-likeness (QED) is 0.784. The average Bonchev–Trinajstić information content (AvgIpc) is 2.91. The van der Waals surface area contributed by atoms with Crippen molar-refractivity contribution in [3.8, 4) is 11.5 Å². The molecular weight excluding hydrogens is 256 g/mol. The van der Waals surface area contributed by atoms with Crippen molar-refractivity contribution in [1.29, 1.82) is 0 Å². The van der Waals surface area contributed by atoms with E-state index in [9.17, 15) is 15.0 Å². The molecular formula is C15H22N2O3. The van der Waals surface area contributed by atoms with Gasteiger partial charge in [-0.3, -0.25) is 10.1 Å². The molecule has 1 aliphatic heterocycles. The molecule has 1 aromatic carbocycles. The summed E-state index contributed by atoms with van der Waals surface area (Å²) in [7, 11) is 0. The lowest BCUT2D eigenvalue weighted by atomic mass is 10.0. The van der Waals surface area contributed by atoms with Crippen LogP contribution in [-0.2, 0) is 4.79 Å². The van der Waals surface area contributed by atoms with Crippen molar-refractivity contribution in [2.45, 2.75) is 38.8 Å². The van der Waals surface area contributed by atoms with Gasteiger partial charge in [0.25, 0.3) is 0 Å². The number of amides is 1. The van der Waals surface area contributed by atoms with Gasteiger partial charge >= 0.3 is 0 Å². The first-order valence-electron chi connectivity index (χ1n) is 7.06. The first-order valence-corrected chi connectivity index (χ1v) is 7.06. The van der Waals surface area contributed by atoms with Gasteiger partial charge in [-0.2, -0.15) is 0 Å². The van der Waals surface area contributed by atoms with Crippen LogP contribution in [0.1, 0.15) is 38.3 Å². The third-order valence-electron chi connectivity index (χ3n) is 3.78. The lowest BCUT2D eigenvalue weighted by molar-refractivity contribution is -0.132. The molecule has 2 unspecified atom stereocenters. The van der Waals surface area contributed by atoms with E-state index in [1.54, 1.807) is 6.07 Å². The number of nitrogens with zero attached hydrogens (tertiary/aromatic N) is 1. The Bertz CT molecular complexity index is 464. The molecule has 1 saturated heterocycles. The first-order chi connectivity index (χ1) is 9.50. The van der Waals surface area contributed by atoms with Crippen LogP contribution in [0.3, 0.4) is 0 Å². The van der Waals surface area contributed by atoms with Crippen molar-refractivity contribution < 1.29 is 15.0 Å². The summed E-state index contributed by atoms with van der Waals surface area (Å²) >= 11 is 0. The van der Waals surface area contributed by atoms with E-state index < -0.39 is 0 Å². The fourth-order valence-electron chi connectivity index (χ4n) is 2.73. The molecule has 20 heavy (non-hydrogen) atoms. The number of benzene rings is 1. The summed E-state index contributed by atoms with van der Waals surface area (Å²) < 4.78 is 0. The van der Waals surface area contributed by atoms with Crippen molar-refractivity contribution in [2.75, 3.05) is 13.1 Å². The highest BCUT2D eigenvalue weighted by Crippen LogP contribution is 2.32. The number of phenols is 2. The summed E-state index contributed by atoms with van der Waals surface area (Å²) in [6.45, 7) is 5.28. The van der Waals surface area contributed by atoms with Gasteiger partial charge in [0, 0.05) is 19.1 Å². The monoisotopic (exact) mass is 278 g/mol. The van der Waals surface area contributed by atoms with Gasteiger partial charge in [-0.05, 0) is 38.8 Å². The van der Waals surface area contributed by atoms with Crippen LogP contribution in [0.5, 0.6) is 11.5 Å². The molecule has 1 amide bonds. The van der Waals surface area contributed by atoms with Gasteiger partial charge in [-0.25, -0.2) is 0 Å². The van der Waals surface area contributed by atoms with Gasteiger partial charge in [-0.15, -0.1) is 0 Å². The Morgan fingerprint density at radius 1 is 1.20 bits per heavy atom. The summed E-state index contributed by atoms with van der Waals surface area (Å²) in [4.78, 5) is 14.1. The van der Waals surface area contributed by atoms with E-state index in [1.807, 2.05) is 18.7 Å². The lowest BCUT2D eigenvalue weighted by Crippen LogP contribution is -2.44. The van der Waals surface area contributed by atoms with Crippen molar-refractivity contribution in [1.82, 2.24) is 10.2 Å². The summed E-state index contributed by atoms with van der Waals surface area (Å²) in [6, 6.07) is 3.99. The Kier molecular flexibility index (Phi) is 4.49. The molecule has 0 bridgehead atoms. The summed E-state index contributed by atoms with van der Waals surface area (Å²) in [5.74, 6) is 0.140. The van der Waals surface area contributed by atoms with Crippen molar-refractivity contribution in [2.24, 2.45) is 0 Å². The molecule has 2 atom stereocenters. The second-order valence-electron chi connectivity index (χ2n) is 5.35. The van der Waals surface area contributed by atoms with E-state index >= 15 is 0 Å². The molecule has 0 radical (unpaired) electrons. The number of nitrogens with one attached hydrogen (secondary N) is 1. The molecule has 0 aliphatic carbocycles. The van der Waals surface area contributed by atoms with Gasteiger partial charge < -0.3 is 15.1 Å². The van der Waals surface area contributed by atoms with Crippen molar-refractivity contribution >= 4 is 5.91 Å². The van der Waals surface area contributed by atoms with Crippen LogP contribution in [0.15, 0.2) is 18.2 Å². The SMILES string of the molecule is CC(NC(C)c1c(O)cccc1O)C(=O)N1CCCC1. The van der Waals surface area contributed by atoms with Crippen LogP contribution < -0.4 is 5.32 Å². The van der Waals surface area contributed by atoms with Gasteiger partial charge in [0.15, 0.2) is 0 Å².